The second-order valence-corrected chi connectivity index (χ2v) is 5.62. The summed E-state index contributed by atoms with van der Waals surface area (Å²) in [5.41, 5.74) is 11.9. The van der Waals surface area contributed by atoms with Gasteiger partial charge in [-0.15, -0.1) is 0 Å². The van der Waals surface area contributed by atoms with E-state index < -0.39 is 0 Å². The molecule has 0 saturated carbocycles. The maximum atomic E-state index is 5.97. The molecule has 0 spiro atoms. The van der Waals surface area contributed by atoms with Crippen molar-refractivity contribution in [2.24, 2.45) is 12.8 Å². The summed E-state index contributed by atoms with van der Waals surface area (Å²) in [4.78, 5) is 4.66. The zero-order chi connectivity index (χ0) is 15.1. The van der Waals surface area contributed by atoms with Crippen LogP contribution in [0.3, 0.4) is 0 Å². The first-order valence-corrected chi connectivity index (χ1v) is 7.19. The molecule has 3 aromatic rings. The van der Waals surface area contributed by atoms with Crippen LogP contribution >= 0.6 is 11.6 Å². The maximum absolute atomic E-state index is 5.97. The molecule has 0 bridgehead atoms. The molecule has 2 N–H and O–H groups in total. The fourth-order valence-electron chi connectivity index (χ4n) is 2.75. The monoisotopic (exact) mass is 300 g/mol. The molecule has 0 atom stereocenters. The lowest BCUT2D eigenvalue weighted by Gasteiger charge is -2.09. The summed E-state index contributed by atoms with van der Waals surface area (Å²) in [6, 6.07) is 7.70. The van der Waals surface area contributed by atoms with Crippen LogP contribution in [-0.2, 0) is 13.6 Å². The Kier molecular flexibility index (Phi) is 3.43. The lowest BCUT2D eigenvalue weighted by atomic mass is 10.0. The molecule has 0 aliphatic heterocycles. The number of fused-ring (bicyclic) bond motifs is 1. The van der Waals surface area contributed by atoms with Gasteiger partial charge < -0.3 is 5.73 Å². The minimum atomic E-state index is 0.482. The number of hydrogen-bond donors (Lipinski definition) is 1. The minimum Gasteiger partial charge on any atom is -0.326 e. The molecule has 5 heteroatoms. The SMILES string of the molecule is Cc1nc2c(c(-c3ccc(Cl)cc3)nn2C)c(C)c1CN. The normalized spacial score (nSPS) is 11.3. The first-order chi connectivity index (χ1) is 10.0. The Labute approximate surface area is 128 Å². The highest BCUT2D eigenvalue weighted by Gasteiger charge is 2.17. The molecule has 4 nitrogen and oxygen atoms in total. The van der Waals surface area contributed by atoms with E-state index >= 15 is 0 Å². The van der Waals surface area contributed by atoms with Crippen molar-refractivity contribution in [1.29, 1.82) is 0 Å². The number of aromatic nitrogens is 3. The van der Waals surface area contributed by atoms with Crippen LogP contribution in [0, 0.1) is 13.8 Å². The first kappa shape index (κ1) is 14.0. The second kappa shape index (κ2) is 5.13. The van der Waals surface area contributed by atoms with Gasteiger partial charge in [0.25, 0.3) is 0 Å². The van der Waals surface area contributed by atoms with Gasteiger partial charge in [-0.05, 0) is 37.1 Å². The number of pyridine rings is 1. The largest absolute Gasteiger partial charge is 0.326 e. The maximum Gasteiger partial charge on any atom is 0.158 e. The smallest absolute Gasteiger partial charge is 0.158 e. The molecule has 0 amide bonds. The van der Waals surface area contributed by atoms with Gasteiger partial charge in [-0.25, -0.2) is 9.67 Å². The number of rotatable bonds is 2. The van der Waals surface area contributed by atoms with Crippen molar-refractivity contribution >= 4 is 22.6 Å². The van der Waals surface area contributed by atoms with Gasteiger partial charge in [0.2, 0.25) is 0 Å². The summed E-state index contributed by atoms with van der Waals surface area (Å²) in [5, 5.41) is 6.41. The molecular weight excluding hydrogens is 284 g/mol. The van der Waals surface area contributed by atoms with E-state index in [9.17, 15) is 0 Å². The van der Waals surface area contributed by atoms with Crippen LogP contribution < -0.4 is 5.73 Å². The fraction of sp³-hybridized carbons (Fsp3) is 0.250. The minimum absolute atomic E-state index is 0.482. The van der Waals surface area contributed by atoms with Gasteiger partial charge in [0.15, 0.2) is 5.65 Å². The molecule has 2 heterocycles. The summed E-state index contributed by atoms with van der Waals surface area (Å²) in [6.07, 6.45) is 0. The lowest BCUT2D eigenvalue weighted by molar-refractivity contribution is 0.787. The van der Waals surface area contributed by atoms with E-state index in [2.05, 4.69) is 17.0 Å². The standard InChI is InChI=1S/C16H17ClN4/c1-9-13(8-18)10(2)19-16-14(9)15(20-21(16)3)11-4-6-12(17)7-5-11/h4-7H,8,18H2,1-3H3. The van der Waals surface area contributed by atoms with Crippen molar-refractivity contribution in [3.05, 3.63) is 46.1 Å². The van der Waals surface area contributed by atoms with E-state index in [1.54, 1.807) is 0 Å². The van der Waals surface area contributed by atoms with E-state index in [-0.39, 0.29) is 0 Å². The van der Waals surface area contributed by atoms with Crippen molar-refractivity contribution in [2.45, 2.75) is 20.4 Å². The van der Waals surface area contributed by atoms with Crippen LogP contribution in [0.5, 0.6) is 0 Å². The zero-order valence-electron chi connectivity index (χ0n) is 12.3. The van der Waals surface area contributed by atoms with Gasteiger partial charge in [0, 0.05) is 29.9 Å². The Morgan fingerprint density at radius 2 is 1.86 bits per heavy atom. The molecule has 0 saturated heterocycles. The highest BCUT2D eigenvalue weighted by Crippen LogP contribution is 2.32. The summed E-state index contributed by atoms with van der Waals surface area (Å²) < 4.78 is 1.82. The number of halogens is 1. The fourth-order valence-corrected chi connectivity index (χ4v) is 2.87. The Morgan fingerprint density at radius 3 is 2.48 bits per heavy atom. The van der Waals surface area contributed by atoms with Crippen LogP contribution in [0.4, 0.5) is 0 Å². The van der Waals surface area contributed by atoms with Crippen LogP contribution in [-0.4, -0.2) is 14.8 Å². The lowest BCUT2D eigenvalue weighted by Crippen LogP contribution is -2.05. The molecule has 108 valence electrons. The van der Waals surface area contributed by atoms with E-state index in [1.807, 2.05) is 42.9 Å². The van der Waals surface area contributed by atoms with Crippen LogP contribution in [0.2, 0.25) is 5.02 Å². The van der Waals surface area contributed by atoms with Crippen LogP contribution in [0.1, 0.15) is 16.8 Å². The van der Waals surface area contributed by atoms with Gasteiger partial charge in [-0.2, -0.15) is 5.10 Å². The van der Waals surface area contributed by atoms with Gasteiger partial charge in [-0.1, -0.05) is 23.7 Å². The molecule has 0 fully saturated rings. The molecule has 2 aromatic heterocycles. The summed E-state index contributed by atoms with van der Waals surface area (Å²) in [7, 11) is 1.91. The van der Waals surface area contributed by atoms with Crippen molar-refractivity contribution in [1.82, 2.24) is 14.8 Å². The summed E-state index contributed by atoms with van der Waals surface area (Å²) in [5.74, 6) is 0. The van der Waals surface area contributed by atoms with Crippen molar-refractivity contribution in [3.63, 3.8) is 0 Å². The highest BCUT2D eigenvalue weighted by molar-refractivity contribution is 6.30. The predicted molar refractivity (Wildman–Crippen MR) is 86.3 cm³/mol. The van der Waals surface area contributed by atoms with Crippen LogP contribution in [0.15, 0.2) is 24.3 Å². The van der Waals surface area contributed by atoms with Crippen LogP contribution in [0.25, 0.3) is 22.3 Å². The number of nitrogens with two attached hydrogens (primary N) is 1. The quantitative estimate of drug-likeness (QED) is 0.789. The van der Waals surface area contributed by atoms with Gasteiger partial charge >= 0.3 is 0 Å². The molecule has 0 radical (unpaired) electrons. The average molecular weight is 301 g/mol. The van der Waals surface area contributed by atoms with E-state index in [0.29, 0.717) is 11.6 Å². The number of hydrogen-bond acceptors (Lipinski definition) is 3. The molecule has 3 rings (SSSR count). The Hall–Kier alpha value is -1.91. The molecule has 0 unspecified atom stereocenters. The highest BCUT2D eigenvalue weighted by atomic mass is 35.5. The molecule has 0 aliphatic carbocycles. The van der Waals surface area contributed by atoms with Crippen molar-refractivity contribution < 1.29 is 0 Å². The molecular formula is C16H17ClN4. The third-order valence-corrected chi connectivity index (χ3v) is 4.13. The van der Waals surface area contributed by atoms with E-state index in [1.165, 1.54) is 0 Å². The Morgan fingerprint density at radius 1 is 1.19 bits per heavy atom. The first-order valence-electron chi connectivity index (χ1n) is 6.81. The van der Waals surface area contributed by atoms with E-state index in [4.69, 9.17) is 17.3 Å². The van der Waals surface area contributed by atoms with E-state index in [0.717, 1.165) is 39.1 Å². The third-order valence-electron chi connectivity index (χ3n) is 3.88. The second-order valence-electron chi connectivity index (χ2n) is 5.18. The topological polar surface area (TPSA) is 56.7 Å². The molecule has 1 aromatic carbocycles. The Balaban J connectivity index is 2.36. The van der Waals surface area contributed by atoms with Crippen molar-refractivity contribution in [3.8, 4) is 11.3 Å². The van der Waals surface area contributed by atoms with Gasteiger partial charge in [0.05, 0.1) is 5.39 Å². The Bertz CT molecular complexity index is 819. The van der Waals surface area contributed by atoms with Gasteiger partial charge in [-0.3, -0.25) is 0 Å². The number of aryl methyl sites for hydroxylation is 3. The summed E-state index contributed by atoms with van der Waals surface area (Å²) >= 11 is 5.97. The van der Waals surface area contributed by atoms with Crippen molar-refractivity contribution in [2.75, 3.05) is 0 Å². The molecule has 21 heavy (non-hydrogen) atoms. The van der Waals surface area contributed by atoms with Gasteiger partial charge in [0.1, 0.15) is 5.69 Å². The summed E-state index contributed by atoms with van der Waals surface area (Å²) in [6.45, 7) is 4.56. The third kappa shape index (κ3) is 2.20. The zero-order valence-corrected chi connectivity index (χ0v) is 13.1. The number of nitrogens with zero attached hydrogens (tertiary/aromatic N) is 3. The average Bonchev–Trinajstić information content (AvgIpc) is 2.78. The predicted octanol–water partition coefficient (Wildman–Crippen LogP) is 3.36. The number of benzene rings is 1. The molecule has 0 aliphatic rings.